The second-order valence-corrected chi connectivity index (χ2v) is 12.7. The van der Waals surface area contributed by atoms with Crippen molar-refractivity contribution in [3.63, 3.8) is 0 Å². The molecule has 0 heterocycles. The number of hydrogen-bond donors (Lipinski definition) is 2. The van der Waals surface area contributed by atoms with Crippen molar-refractivity contribution in [1.29, 1.82) is 0 Å². The molecule has 0 saturated carbocycles. The molecule has 0 aromatic carbocycles. The number of allylic oxidation sites excluding steroid dienone is 2. The average Bonchev–Trinajstić information content (AvgIpc) is 2.76. The number of amides is 1. The van der Waals surface area contributed by atoms with Crippen LogP contribution in [0.25, 0.3) is 0 Å². The van der Waals surface area contributed by atoms with E-state index in [4.69, 9.17) is 9.29 Å². The first-order chi connectivity index (χ1) is 17.1. The Bertz CT molecular complexity index is 707. The van der Waals surface area contributed by atoms with E-state index in [1.54, 1.807) is 0 Å². The van der Waals surface area contributed by atoms with E-state index >= 15 is 0 Å². The smallest absolute Gasteiger partial charge is 0.315 e. The number of unbranched alkanes of at least 4 members (excludes halogenated alkanes) is 12. The minimum atomic E-state index is -4.17. The highest BCUT2D eigenvalue weighted by Crippen LogP contribution is 2.11. The van der Waals surface area contributed by atoms with Crippen molar-refractivity contribution in [3.8, 4) is 0 Å². The van der Waals surface area contributed by atoms with Gasteiger partial charge in [0.25, 0.3) is 10.1 Å². The fourth-order valence-corrected chi connectivity index (χ4v) is 5.54. The Morgan fingerprint density at radius 2 is 1.42 bits per heavy atom. The molecule has 0 aliphatic heterocycles. The molecule has 7 nitrogen and oxygen atoms in total. The van der Waals surface area contributed by atoms with Gasteiger partial charge >= 0.3 is 5.97 Å². The maximum absolute atomic E-state index is 11.9. The number of rotatable bonds is 24. The van der Waals surface area contributed by atoms with Crippen molar-refractivity contribution in [3.05, 3.63) is 12.2 Å². The summed E-state index contributed by atoms with van der Waals surface area (Å²) in [6.07, 6.45) is 22.2. The highest BCUT2D eigenvalue weighted by atomic mass is 32.2. The number of ether oxygens (including phenoxy) is 1. The zero-order valence-electron chi connectivity index (χ0n) is 22.9. The zero-order valence-corrected chi connectivity index (χ0v) is 24.5. The first-order valence-electron chi connectivity index (χ1n) is 13.7. The fraction of sp³-hybridized carbons (Fsp3) is 0.852. The van der Waals surface area contributed by atoms with E-state index in [1.807, 2.05) is 0 Å². The molecular weight excluding hydrogens is 498 g/mol. The van der Waals surface area contributed by atoms with E-state index in [2.05, 4.69) is 24.4 Å². The monoisotopic (exact) mass is 549 g/mol. The molecule has 0 aromatic rings. The van der Waals surface area contributed by atoms with Crippen molar-refractivity contribution >= 4 is 33.8 Å². The average molecular weight is 550 g/mol. The van der Waals surface area contributed by atoms with Crippen molar-refractivity contribution in [1.82, 2.24) is 5.32 Å². The standard InChI is InChI=1S/C27H51NO6S2/c1-4-5-6-7-8-9-10-11-12-13-14-15-16-17-18-19-21-34-26(30)23-35-22-20-25(29)28-27(2,3)24-36(31,32)33/h11-12H,4-10,13-24H2,1-3H3,(H,28,29)(H,31,32,33). The minimum absolute atomic E-state index is 0.155. The highest BCUT2D eigenvalue weighted by molar-refractivity contribution is 7.99. The summed E-state index contributed by atoms with van der Waals surface area (Å²) in [5.41, 5.74) is -1.06. The molecule has 36 heavy (non-hydrogen) atoms. The van der Waals surface area contributed by atoms with Crippen LogP contribution in [0.4, 0.5) is 0 Å². The Morgan fingerprint density at radius 1 is 0.889 bits per heavy atom. The Morgan fingerprint density at radius 3 is 1.97 bits per heavy atom. The van der Waals surface area contributed by atoms with Gasteiger partial charge in [-0.3, -0.25) is 14.1 Å². The van der Waals surface area contributed by atoms with E-state index in [9.17, 15) is 18.0 Å². The first kappa shape index (κ1) is 34.9. The Kier molecular flexibility index (Phi) is 21.3. The van der Waals surface area contributed by atoms with Crippen LogP contribution in [0.2, 0.25) is 0 Å². The lowest BCUT2D eigenvalue weighted by atomic mass is 10.1. The van der Waals surface area contributed by atoms with Crippen LogP contribution < -0.4 is 5.32 Å². The van der Waals surface area contributed by atoms with Crippen LogP contribution in [0.15, 0.2) is 12.2 Å². The van der Waals surface area contributed by atoms with E-state index in [0.717, 1.165) is 19.3 Å². The molecule has 2 N–H and O–H groups in total. The number of carbonyl (C=O) groups excluding carboxylic acids is 2. The van der Waals surface area contributed by atoms with Gasteiger partial charge in [0, 0.05) is 12.2 Å². The summed E-state index contributed by atoms with van der Waals surface area (Å²) in [4.78, 5) is 23.7. The fourth-order valence-electron chi connectivity index (χ4n) is 3.83. The van der Waals surface area contributed by atoms with Crippen molar-refractivity contribution < 1.29 is 27.3 Å². The van der Waals surface area contributed by atoms with Crippen molar-refractivity contribution in [2.45, 2.75) is 123 Å². The molecule has 9 heteroatoms. The maximum Gasteiger partial charge on any atom is 0.315 e. The molecule has 0 aliphatic rings. The van der Waals surface area contributed by atoms with Crippen LogP contribution in [0.5, 0.6) is 0 Å². The van der Waals surface area contributed by atoms with Gasteiger partial charge in [-0.1, -0.05) is 76.9 Å². The summed E-state index contributed by atoms with van der Waals surface area (Å²) in [6.45, 7) is 5.74. The molecule has 0 saturated heterocycles. The Labute approximate surface area is 224 Å². The van der Waals surface area contributed by atoms with Crippen LogP contribution in [-0.2, 0) is 24.4 Å². The molecule has 1 amide bonds. The van der Waals surface area contributed by atoms with Gasteiger partial charge in [-0.05, 0) is 46.0 Å². The molecule has 0 spiro atoms. The number of hydrogen-bond acceptors (Lipinski definition) is 6. The molecule has 0 bridgehead atoms. The number of thioether (sulfide) groups is 1. The topological polar surface area (TPSA) is 110 Å². The van der Waals surface area contributed by atoms with Crippen LogP contribution >= 0.6 is 11.8 Å². The Balaban J connectivity index is 3.50. The predicted octanol–water partition coefficient (Wildman–Crippen LogP) is 6.47. The second-order valence-electron chi connectivity index (χ2n) is 10.1. The molecule has 0 aliphatic carbocycles. The number of esters is 1. The predicted molar refractivity (Wildman–Crippen MR) is 151 cm³/mol. The molecule has 212 valence electrons. The molecule has 0 atom stereocenters. The molecule has 0 radical (unpaired) electrons. The summed E-state index contributed by atoms with van der Waals surface area (Å²) < 4.78 is 36.1. The number of nitrogens with one attached hydrogen (secondary N) is 1. The van der Waals surface area contributed by atoms with Crippen LogP contribution in [0.1, 0.15) is 117 Å². The summed E-state index contributed by atoms with van der Waals surface area (Å²) in [5, 5.41) is 2.58. The van der Waals surface area contributed by atoms with Crippen LogP contribution in [0.3, 0.4) is 0 Å². The summed E-state index contributed by atoms with van der Waals surface area (Å²) >= 11 is 1.31. The largest absolute Gasteiger partial charge is 0.465 e. The van der Waals surface area contributed by atoms with Gasteiger partial charge in [0.15, 0.2) is 0 Å². The van der Waals surface area contributed by atoms with Crippen molar-refractivity contribution in [2.24, 2.45) is 0 Å². The van der Waals surface area contributed by atoms with Gasteiger partial charge in [0.2, 0.25) is 5.91 Å². The lowest BCUT2D eigenvalue weighted by Gasteiger charge is -2.24. The minimum Gasteiger partial charge on any atom is -0.465 e. The number of carbonyl (C=O) groups is 2. The third-order valence-electron chi connectivity index (χ3n) is 5.63. The first-order valence-corrected chi connectivity index (χ1v) is 16.5. The molecule has 0 aromatic heterocycles. The van der Waals surface area contributed by atoms with E-state index in [1.165, 1.54) is 96.2 Å². The van der Waals surface area contributed by atoms with Gasteiger partial charge in [0.1, 0.15) is 0 Å². The third kappa shape index (κ3) is 26.0. The summed E-state index contributed by atoms with van der Waals surface area (Å²) in [7, 11) is -4.17. The summed E-state index contributed by atoms with van der Waals surface area (Å²) in [6, 6.07) is 0. The van der Waals surface area contributed by atoms with Gasteiger partial charge < -0.3 is 10.1 Å². The third-order valence-corrected chi connectivity index (χ3v) is 7.65. The van der Waals surface area contributed by atoms with Crippen molar-refractivity contribution in [2.75, 3.05) is 23.9 Å². The lowest BCUT2D eigenvalue weighted by molar-refractivity contribution is -0.140. The molecule has 0 rings (SSSR count). The van der Waals surface area contributed by atoms with E-state index < -0.39 is 21.4 Å². The quantitative estimate of drug-likeness (QED) is 0.0614. The highest BCUT2D eigenvalue weighted by Gasteiger charge is 2.26. The normalized spacial score (nSPS) is 12.2. The van der Waals surface area contributed by atoms with E-state index in [0.29, 0.717) is 12.4 Å². The van der Waals surface area contributed by atoms with Gasteiger partial charge in [-0.2, -0.15) is 8.42 Å². The van der Waals surface area contributed by atoms with Crippen LogP contribution in [-0.4, -0.2) is 54.3 Å². The second kappa shape index (κ2) is 22.0. The molecular formula is C27H51NO6S2. The summed E-state index contributed by atoms with van der Waals surface area (Å²) in [5.74, 6) is -0.541. The molecule has 0 fully saturated rings. The van der Waals surface area contributed by atoms with Gasteiger partial charge in [-0.25, -0.2) is 0 Å². The van der Waals surface area contributed by atoms with Gasteiger partial charge in [0.05, 0.1) is 23.7 Å². The maximum atomic E-state index is 11.9. The van der Waals surface area contributed by atoms with Gasteiger partial charge in [-0.15, -0.1) is 11.8 Å². The van der Waals surface area contributed by atoms with Crippen LogP contribution in [0, 0.1) is 0 Å². The zero-order chi connectivity index (χ0) is 27.1. The SMILES string of the molecule is CCCCCCCCC=CCCCCCCCCOC(=O)CSCCC(=O)NC(C)(C)CS(=O)(=O)O. The Hall–Kier alpha value is -1.06. The molecule has 0 unspecified atom stereocenters. The van der Waals surface area contributed by atoms with E-state index in [-0.39, 0.29) is 24.1 Å². The lowest BCUT2D eigenvalue weighted by Crippen LogP contribution is -2.48.